The predicted molar refractivity (Wildman–Crippen MR) is 85.2 cm³/mol. The smallest absolute Gasteiger partial charge is 0.408 e. The van der Waals surface area contributed by atoms with Crippen molar-refractivity contribution in [3.63, 3.8) is 0 Å². The van der Waals surface area contributed by atoms with Crippen LogP contribution in [0.5, 0.6) is 5.75 Å². The molecule has 0 bridgehead atoms. The van der Waals surface area contributed by atoms with Gasteiger partial charge in [-0.1, -0.05) is 12.1 Å². The summed E-state index contributed by atoms with van der Waals surface area (Å²) in [6.45, 7) is 5.03. The van der Waals surface area contributed by atoms with E-state index in [-0.39, 0.29) is 13.1 Å². The van der Waals surface area contributed by atoms with E-state index >= 15 is 0 Å². The molecule has 0 heterocycles. The van der Waals surface area contributed by atoms with Crippen LogP contribution in [0.25, 0.3) is 0 Å². The average molecular weight is 324 g/mol. The summed E-state index contributed by atoms with van der Waals surface area (Å²) < 4.78 is 10.0. The normalized spacial score (nSPS) is 12.2. The fraction of sp³-hybridized carbons (Fsp3) is 0.500. The predicted octanol–water partition coefficient (Wildman–Crippen LogP) is 1.37. The molecule has 7 heteroatoms. The summed E-state index contributed by atoms with van der Waals surface area (Å²) in [5, 5.41) is 14.9. The molecule has 1 aromatic carbocycles. The third-order valence-corrected chi connectivity index (χ3v) is 2.79. The highest BCUT2D eigenvalue weighted by Gasteiger charge is 2.17. The summed E-state index contributed by atoms with van der Waals surface area (Å²) in [5.41, 5.74) is 0.0386. The molecule has 1 rings (SSSR count). The van der Waals surface area contributed by atoms with Crippen molar-refractivity contribution in [3.05, 3.63) is 29.8 Å². The van der Waals surface area contributed by atoms with E-state index in [9.17, 15) is 14.7 Å². The fourth-order valence-electron chi connectivity index (χ4n) is 1.68. The molecule has 0 aliphatic rings. The van der Waals surface area contributed by atoms with Crippen molar-refractivity contribution in [1.29, 1.82) is 0 Å². The lowest BCUT2D eigenvalue weighted by atomic mass is 10.1. The van der Waals surface area contributed by atoms with Crippen molar-refractivity contribution in [2.75, 3.05) is 20.2 Å². The lowest BCUT2D eigenvalue weighted by Crippen LogP contribution is -2.40. The Morgan fingerprint density at radius 1 is 1.17 bits per heavy atom. The maximum atomic E-state index is 11.6. The topological polar surface area (TPSA) is 96.9 Å². The third-order valence-electron chi connectivity index (χ3n) is 2.79. The van der Waals surface area contributed by atoms with Crippen LogP contribution in [0.3, 0.4) is 0 Å². The van der Waals surface area contributed by atoms with Crippen LogP contribution in [0.15, 0.2) is 24.3 Å². The molecular formula is C16H24N2O5. The number of nitrogens with one attached hydrogen (secondary N) is 2. The van der Waals surface area contributed by atoms with Crippen molar-refractivity contribution in [1.82, 2.24) is 10.6 Å². The molecule has 0 aliphatic carbocycles. The molecule has 0 fully saturated rings. The first-order valence-corrected chi connectivity index (χ1v) is 7.27. The van der Waals surface area contributed by atoms with E-state index in [2.05, 4.69) is 10.6 Å². The molecule has 23 heavy (non-hydrogen) atoms. The van der Waals surface area contributed by atoms with Gasteiger partial charge < -0.3 is 25.2 Å². The first kappa shape index (κ1) is 18.8. The SMILES string of the molecule is COc1ccc(C(O)CNC(=O)CNC(=O)OC(C)(C)C)cc1. The molecule has 128 valence electrons. The number of hydrogen-bond acceptors (Lipinski definition) is 5. The number of methoxy groups -OCH3 is 1. The van der Waals surface area contributed by atoms with Crippen LogP contribution < -0.4 is 15.4 Å². The number of alkyl carbamates (subject to hydrolysis) is 1. The Kier molecular flexibility index (Phi) is 6.84. The summed E-state index contributed by atoms with van der Waals surface area (Å²) in [6.07, 6.45) is -1.50. The van der Waals surface area contributed by atoms with Gasteiger partial charge in [0.05, 0.1) is 19.8 Å². The number of amides is 2. The zero-order chi connectivity index (χ0) is 17.5. The van der Waals surface area contributed by atoms with E-state index in [0.717, 1.165) is 0 Å². The number of aliphatic hydroxyl groups excluding tert-OH is 1. The zero-order valence-electron chi connectivity index (χ0n) is 13.9. The molecule has 2 amide bonds. The van der Waals surface area contributed by atoms with Gasteiger partial charge in [-0.15, -0.1) is 0 Å². The Morgan fingerprint density at radius 2 is 1.78 bits per heavy atom. The summed E-state index contributed by atoms with van der Waals surface area (Å²) in [6, 6.07) is 6.89. The number of rotatable bonds is 6. The second-order valence-corrected chi connectivity index (χ2v) is 5.95. The molecule has 0 saturated carbocycles. The second kappa shape index (κ2) is 8.38. The van der Waals surface area contributed by atoms with Crippen LogP contribution in [0.2, 0.25) is 0 Å². The minimum Gasteiger partial charge on any atom is -0.497 e. The van der Waals surface area contributed by atoms with Gasteiger partial charge >= 0.3 is 6.09 Å². The van der Waals surface area contributed by atoms with E-state index in [1.807, 2.05) is 0 Å². The van der Waals surface area contributed by atoms with Gasteiger partial charge in [0.25, 0.3) is 0 Å². The highest BCUT2D eigenvalue weighted by Crippen LogP contribution is 2.16. The molecule has 0 aromatic heterocycles. The van der Waals surface area contributed by atoms with E-state index in [1.54, 1.807) is 52.1 Å². The Hall–Kier alpha value is -2.28. The number of carbonyl (C=O) groups is 2. The minimum absolute atomic E-state index is 0.0428. The summed E-state index contributed by atoms with van der Waals surface area (Å²) >= 11 is 0. The first-order valence-electron chi connectivity index (χ1n) is 7.27. The van der Waals surface area contributed by atoms with E-state index in [0.29, 0.717) is 11.3 Å². The average Bonchev–Trinajstić information content (AvgIpc) is 2.49. The third kappa shape index (κ3) is 7.51. The van der Waals surface area contributed by atoms with Gasteiger partial charge in [0.1, 0.15) is 11.4 Å². The largest absolute Gasteiger partial charge is 0.497 e. The van der Waals surface area contributed by atoms with Gasteiger partial charge in [0.15, 0.2) is 0 Å². The number of benzene rings is 1. The Labute approximate surface area is 136 Å². The highest BCUT2D eigenvalue weighted by atomic mass is 16.6. The lowest BCUT2D eigenvalue weighted by molar-refractivity contribution is -0.120. The number of hydrogen-bond donors (Lipinski definition) is 3. The standard InChI is InChI=1S/C16H24N2O5/c1-16(2,3)23-15(21)18-10-14(20)17-9-13(19)11-5-7-12(22-4)8-6-11/h5-8,13,19H,9-10H2,1-4H3,(H,17,20)(H,18,21). The maximum Gasteiger partial charge on any atom is 0.408 e. The van der Waals surface area contributed by atoms with Crippen molar-refractivity contribution in [3.8, 4) is 5.75 Å². The van der Waals surface area contributed by atoms with Crippen LogP contribution in [0.4, 0.5) is 4.79 Å². The van der Waals surface area contributed by atoms with Crippen molar-refractivity contribution < 1.29 is 24.2 Å². The molecule has 0 radical (unpaired) electrons. The molecule has 3 N–H and O–H groups in total. The van der Waals surface area contributed by atoms with Crippen molar-refractivity contribution >= 4 is 12.0 Å². The Morgan fingerprint density at radius 3 is 2.30 bits per heavy atom. The zero-order valence-corrected chi connectivity index (χ0v) is 13.9. The van der Waals surface area contributed by atoms with Crippen LogP contribution in [0.1, 0.15) is 32.4 Å². The number of ether oxygens (including phenoxy) is 2. The summed E-state index contributed by atoms with van der Waals surface area (Å²) in [5.74, 6) is 0.273. The van der Waals surface area contributed by atoms with Crippen molar-refractivity contribution in [2.24, 2.45) is 0 Å². The van der Waals surface area contributed by atoms with Crippen molar-refractivity contribution in [2.45, 2.75) is 32.5 Å². The molecule has 1 unspecified atom stereocenters. The van der Waals surface area contributed by atoms with Gasteiger partial charge in [0, 0.05) is 6.54 Å². The number of carbonyl (C=O) groups excluding carboxylic acids is 2. The quantitative estimate of drug-likeness (QED) is 0.734. The summed E-state index contributed by atoms with van der Waals surface area (Å²) in [4.78, 5) is 23.0. The van der Waals surface area contributed by atoms with Gasteiger partial charge in [-0.05, 0) is 38.5 Å². The molecule has 1 aromatic rings. The first-order chi connectivity index (χ1) is 10.7. The van der Waals surface area contributed by atoms with Gasteiger partial charge in [-0.3, -0.25) is 4.79 Å². The van der Waals surface area contributed by atoms with E-state index in [4.69, 9.17) is 9.47 Å². The maximum absolute atomic E-state index is 11.6. The second-order valence-electron chi connectivity index (χ2n) is 5.95. The number of aliphatic hydroxyl groups is 1. The molecule has 1 atom stereocenters. The highest BCUT2D eigenvalue weighted by molar-refractivity contribution is 5.82. The molecular weight excluding hydrogens is 300 g/mol. The van der Waals surface area contributed by atoms with Crippen LogP contribution in [-0.4, -0.2) is 42.9 Å². The molecule has 0 saturated heterocycles. The van der Waals surface area contributed by atoms with Gasteiger partial charge in [-0.25, -0.2) is 4.79 Å². The van der Waals surface area contributed by atoms with Crippen LogP contribution in [0, 0.1) is 0 Å². The molecule has 0 aliphatic heterocycles. The molecule has 7 nitrogen and oxygen atoms in total. The minimum atomic E-state index is -0.841. The van der Waals surface area contributed by atoms with E-state index < -0.39 is 23.7 Å². The lowest BCUT2D eigenvalue weighted by Gasteiger charge is -2.19. The Balaban J connectivity index is 2.33. The van der Waals surface area contributed by atoms with Gasteiger partial charge in [-0.2, -0.15) is 0 Å². The molecule has 0 spiro atoms. The summed E-state index contributed by atoms with van der Waals surface area (Å²) in [7, 11) is 1.56. The van der Waals surface area contributed by atoms with Crippen LogP contribution in [-0.2, 0) is 9.53 Å². The fourth-order valence-corrected chi connectivity index (χ4v) is 1.68. The Bertz CT molecular complexity index is 522. The van der Waals surface area contributed by atoms with Crippen LogP contribution >= 0.6 is 0 Å². The van der Waals surface area contributed by atoms with E-state index in [1.165, 1.54) is 0 Å². The van der Waals surface area contributed by atoms with Gasteiger partial charge in [0.2, 0.25) is 5.91 Å². The monoisotopic (exact) mass is 324 g/mol.